The van der Waals surface area contributed by atoms with E-state index in [0.29, 0.717) is 0 Å². The minimum Gasteiger partial charge on any atom is -0.346 e. The summed E-state index contributed by atoms with van der Waals surface area (Å²) in [7, 11) is 0. The van der Waals surface area contributed by atoms with Crippen LogP contribution in [-0.4, -0.2) is 30.7 Å². The lowest BCUT2D eigenvalue weighted by Gasteiger charge is -2.50. The summed E-state index contributed by atoms with van der Waals surface area (Å²) in [5.41, 5.74) is 1.04. The molecule has 2 heterocycles. The molecule has 4 rings (SSSR count). The van der Waals surface area contributed by atoms with Crippen LogP contribution in [0.1, 0.15) is 45.0 Å². The molecule has 140 valence electrons. The second kappa shape index (κ2) is 8.05. The number of fused-ring (bicyclic) bond motifs is 1. The molecule has 0 saturated carbocycles. The molecule has 4 nitrogen and oxygen atoms in total. The standard InChI is InChI=1S/C22H28O4/c1-3-17-19-20(26-21(23-17)15-11-7-5-8-12-15)18(4-2)24-22(25-19)16-13-9-6-10-14-16/h5-13,16-22H,3-4,14H2,1-2H3. The number of allylic oxidation sites excluding steroid dienone is 3. The molecule has 1 aliphatic carbocycles. The molecular formula is C22H28O4. The van der Waals surface area contributed by atoms with Gasteiger partial charge in [-0.3, -0.25) is 0 Å². The summed E-state index contributed by atoms with van der Waals surface area (Å²) in [5.74, 6) is 0.249. The first-order chi connectivity index (χ1) is 12.8. The molecule has 1 aromatic rings. The van der Waals surface area contributed by atoms with E-state index in [0.717, 1.165) is 24.8 Å². The van der Waals surface area contributed by atoms with Gasteiger partial charge in [0.1, 0.15) is 12.2 Å². The van der Waals surface area contributed by atoms with E-state index in [1.54, 1.807) is 0 Å². The third-order valence-electron chi connectivity index (χ3n) is 5.48. The number of ether oxygens (including phenoxy) is 4. The van der Waals surface area contributed by atoms with Crippen molar-refractivity contribution < 1.29 is 18.9 Å². The van der Waals surface area contributed by atoms with Crippen molar-refractivity contribution in [2.45, 2.75) is 70.1 Å². The molecule has 0 amide bonds. The van der Waals surface area contributed by atoms with E-state index >= 15 is 0 Å². The van der Waals surface area contributed by atoms with Gasteiger partial charge in [0, 0.05) is 11.5 Å². The van der Waals surface area contributed by atoms with Crippen LogP contribution in [0, 0.1) is 5.92 Å². The van der Waals surface area contributed by atoms with E-state index in [9.17, 15) is 0 Å². The highest BCUT2D eigenvalue weighted by molar-refractivity contribution is 5.17. The Morgan fingerprint density at radius 2 is 1.58 bits per heavy atom. The topological polar surface area (TPSA) is 36.9 Å². The first-order valence-corrected chi connectivity index (χ1v) is 9.80. The normalized spacial score (nSPS) is 39.5. The van der Waals surface area contributed by atoms with Crippen molar-refractivity contribution in [1.29, 1.82) is 0 Å². The lowest BCUT2D eigenvalue weighted by atomic mass is 9.93. The molecule has 7 atom stereocenters. The van der Waals surface area contributed by atoms with Crippen molar-refractivity contribution >= 4 is 0 Å². The van der Waals surface area contributed by atoms with Crippen LogP contribution in [0.2, 0.25) is 0 Å². The number of hydrogen-bond acceptors (Lipinski definition) is 4. The predicted molar refractivity (Wildman–Crippen MR) is 99.4 cm³/mol. The summed E-state index contributed by atoms with van der Waals surface area (Å²) in [6.07, 6.45) is 10.4. The summed E-state index contributed by atoms with van der Waals surface area (Å²) in [6, 6.07) is 10.1. The van der Waals surface area contributed by atoms with Crippen molar-refractivity contribution in [2.75, 3.05) is 0 Å². The Morgan fingerprint density at radius 1 is 0.846 bits per heavy atom. The fraction of sp³-hybridized carbons (Fsp3) is 0.545. The molecule has 0 radical (unpaired) electrons. The summed E-state index contributed by atoms with van der Waals surface area (Å²) < 4.78 is 25.4. The smallest absolute Gasteiger partial charge is 0.184 e. The van der Waals surface area contributed by atoms with Gasteiger partial charge >= 0.3 is 0 Å². The Hall–Kier alpha value is -1.46. The Balaban J connectivity index is 1.55. The van der Waals surface area contributed by atoms with Gasteiger partial charge in [-0.2, -0.15) is 0 Å². The molecule has 0 spiro atoms. The van der Waals surface area contributed by atoms with Gasteiger partial charge in [-0.05, 0) is 19.3 Å². The fourth-order valence-corrected chi connectivity index (χ4v) is 4.03. The van der Waals surface area contributed by atoms with Crippen LogP contribution < -0.4 is 0 Å². The summed E-state index contributed by atoms with van der Waals surface area (Å²) in [6.45, 7) is 4.30. The van der Waals surface area contributed by atoms with E-state index < -0.39 is 0 Å². The second-order valence-corrected chi connectivity index (χ2v) is 7.19. The summed E-state index contributed by atoms with van der Waals surface area (Å²) in [4.78, 5) is 0. The highest BCUT2D eigenvalue weighted by Crippen LogP contribution is 2.40. The van der Waals surface area contributed by atoms with Gasteiger partial charge in [-0.25, -0.2) is 0 Å². The minimum atomic E-state index is -0.363. The van der Waals surface area contributed by atoms with Crippen LogP contribution in [0.5, 0.6) is 0 Å². The molecule has 2 fully saturated rings. The first-order valence-electron chi connectivity index (χ1n) is 9.80. The third-order valence-corrected chi connectivity index (χ3v) is 5.48. The molecule has 0 bridgehead atoms. The molecule has 1 aromatic carbocycles. The predicted octanol–water partition coefficient (Wildman–Crippen LogP) is 4.53. The van der Waals surface area contributed by atoms with Crippen LogP contribution in [0.25, 0.3) is 0 Å². The largest absolute Gasteiger partial charge is 0.346 e. The lowest BCUT2D eigenvalue weighted by molar-refractivity contribution is -0.384. The lowest BCUT2D eigenvalue weighted by Crippen LogP contribution is -2.60. The van der Waals surface area contributed by atoms with Crippen LogP contribution in [-0.2, 0) is 18.9 Å². The van der Waals surface area contributed by atoms with Crippen molar-refractivity contribution in [3.8, 4) is 0 Å². The maximum atomic E-state index is 6.39. The highest BCUT2D eigenvalue weighted by atomic mass is 16.8. The Bertz CT molecular complexity index is 641. The Morgan fingerprint density at radius 3 is 2.27 bits per heavy atom. The van der Waals surface area contributed by atoms with Crippen LogP contribution in [0.3, 0.4) is 0 Å². The van der Waals surface area contributed by atoms with Crippen molar-refractivity contribution in [2.24, 2.45) is 5.92 Å². The molecule has 2 saturated heterocycles. The maximum absolute atomic E-state index is 6.39. The molecule has 0 aromatic heterocycles. The van der Waals surface area contributed by atoms with Gasteiger partial charge in [0.25, 0.3) is 0 Å². The monoisotopic (exact) mass is 356 g/mol. The van der Waals surface area contributed by atoms with Gasteiger partial charge in [0.2, 0.25) is 0 Å². The number of hydrogen-bond donors (Lipinski definition) is 0. The highest BCUT2D eigenvalue weighted by Gasteiger charge is 2.49. The first kappa shape index (κ1) is 17.9. The molecule has 2 aliphatic heterocycles. The molecule has 4 heteroatoms. The average molecular weight is 356 g/mol. The zero-order valence-electron chi connectivity index (χ0n) is 15.5. The van der Waals surface area contributed by atoms with Crippen LogP contribution >= 0.6 is 0 Å². The quantitative estimate of drug-likeness (QED) is 0.794. The van der Waals surface area contributed by atoms with Crippen molar-refractivity contribution in [3.63, 3.8) is 0 Å². The second-order valence-electron chi connectivity index (χ2n) is 7.19. The maximum Gasteiger partial charge on any atom is 0.184 e. The fourth-order valence-electron chi connectivity index (χ4n) is 4.03. The van der Waals surface area contributed by atoms with E-state index in [4.69, 9.17) is 18.9 Å². The van der Waals surface area contributed by atoms with Crippen molar-refractivity contribution in [3.05, 3.63) is 60.2 Å². The van der Waals surface area contributed by atoms with Gasteiger partial charge in [0.05, 0.1) is 12.2 Å². The van der Waals surface area contributed by atoms with E-state index in [1.807, 2.05) is 30.3 Å². The average Bonchev–Trinajstić information content (AvgIpc) is 2.73. The number of rotatable bonds is 4. The summed E-state index contributed by atoms with van der Waals surface area (Å²) >= 11 is 0. The van der Waals surface area contributed by atoms with Crippen LogP contribution in [0.4, 0.5) is 0 Å². The molecule has 7 unspecified atom stereocenters. The van der Waals surface area contributed by atoms with E-state index in [1.165, 1.54) is 0 Å². The van der Waals surface area contributed by atoms with E-state index in [-0.39, 0.29) is 42.9 Å². The van der Waals surface area contributed by atoms with Crippen LogP contribution in [0.15, 0.2) is 54.6 Å². The summed E-state index contributed by atoms with van der Waals surface area (Å²) in [5, 5.41) is 0. The van der Waals surface area contributed by atoms with Crippen molar-refractivity contribution in [1.82, 2.24) is 0 Å². The van der Waals surface area contributed by atoms with Gasteiger partial charge < -0.3 is 18.9 Å². The van der Waals surface area contributed by atoms with E-state index in [2.05, 4.69) is 38.2 Å². The van der Waals surface area contributed by atoms with Gasteiger partial charge in [-0.1, -0.05) is 68.5 Å². The molecule has 0 N–H and O–H groups in total. The molecule has 3 aliphatic rings. The minimum absolute atomic E-state index is 0.00233. The third kappa shape index (κ3) is 3.52. The Kier molecular flexibility index (Phi) is 5.55. The zero-order valence-corrected chi connectivity index (χ0v) is 15.5. The molecule has 26 heavy (non-hydrogen) atoms. The van der Waals surface area contributed by atoms with Gasteiger partial charge in [0.15, 0.2) is 12.6 Å². The number of benzene rings is 1. The molecular weight excluding hydrogens is 328 g/mol. The SMILES string of the molecule is CCC1OC(C2C=CC=CC2)OC2C(CC)OC(c3ccccc3)OC12. The zero-order chi connectivity index (χ0) is 17.9. The Labute approximate surface area is 155 Å². The van der Waals surface area contributed by atoms with Gasteiger partial charge in [-0.15, -0.1) is 0 Å².